The van der Waals surface area contributed by atoms with Gasteiger partial charge in [0.15, 0.2) is 0 Å². The Bertz CT molecular complexity index is 395. The van der Waals surface area contributed by atoms with E-state index in [1.54, 1.807) is 0 Å². The fraction of sp³-hybridized carbons (Fsp3) is 0.400. The van der Waals surface area contributed by atoms with Crippen molar-refractivity contribution in [3.05, 3.63) is 34.9 Å². The van der Waals surface area contributed by atoms with Crippen molar-refractivity contribution < 1.29 is 0 Å². The van der Waals surface area contributed by atoms with Gasteiger partial charge in [0.05, 0.1) is 6.54 Å². The van der Waals surface area contributed by atoms with Crippen LogP contribution in [0.3, 0.4) is 0 Å². The molecular weight excluding hydrogens is 230 g/mol. The summed E-state index contributed by atoms with van der Waals surface area (Å²) in [6, 6.07) is 7.61. The molecule has 1 nitrogen and oxygen atoms in total. The number of rotatable bonds is 5. The van der Waals surface area contributed by atoms with E-state index in [1.807, 2.05) is 30.5 Å². The second-order valence-corrected chi connectivity index (χ2v) is 4.27. The average molecular weight is 248 g/mol. The fourth-order valence-electron chi connectivity index (χ4n) is 1.35. The Kier molecular flexibility index (Phi) is 7.18. The average Bonchev–Trinajstić information content (AvgIpc) is 2.35. The first-order chi connectivity index (χ1) is 8.33. The molecule has 1 aromatic rings. The fourth-order valence-corrected chi connectivity index (χ4v) is 1.48. The molecule has 0 saturated carbocycles. The molecule has 0 saturated heterocycles. The molecule has 0 aliphatic heterocycles. The molecule has 0 unspecified atom stereocenters. The highest BCUT2D eigenvalue weighted by atomic mass is 35.5. The van der Waals surface area contributed by atoms with E-state index in [0.29, 0.717) is 6.54 Å². The lowest BCUT2D eigenvalue weighted by molar-refractivity contribution is 0.737. The summed E-state index contributed by atoms with van der Waals surface area (Å²) in [4.78, 5) is 4.25. The van der Waals surface area contributed by atoms with Crippen molar-refractivity contribution in [2.45, 2.75) is 32.6 Å². The molecule has 0 aliphatic carbocycles. The van der Waals surface area contributed by atoms with Crippen molar-refractivity contribution in [1.29, 1.82) is 0 Å². The number of halogens is 1. The normalized spacial score (nSPS) is 10.2. The maximum Gasteiger partial charge on any atom is 0.0997 e. The van der Waals surface area contributed by atoms with Gasteiger partial charge in [-0.15, -0.1) is 5.92 Å². The number of nitrogens with zero attached hydrogens (tertiary/aromatic N) is 1. The van der Waals surface area contributed by atoms with Crippen LogP contribution in [-0.4, -0.2) is 12.8 Å². The molecule has 90 valence electrons. The van der Waals surface area contributed by atoms with E-state index >= 15 is 0 Å². The zero-order valence-corrected chi connectivity index (χ0v) is 11.0. The van der Waals surface area contributed by atoms with Crippen LogP contribution in [0.25, 0.3) is 0 Å². The first-order valence-electron chi connectivity index (χ1n) is 6.04. The van der Waals surface area contributed by atoms with E-state index in [1.165, 1.54) is 19.3 Å². The van der Waals surface area contributed by atoms with E-state index < -0.39 is 0 Å². The van der Waals surface area contributed by atoms with Crippen LogP contribution in [-0.2, 0) is 0 Å². The summed E-state index contributed by atoms with van der Waals surface area (Å²) in [6.45, 7) is 2.78. The van der Waals surface area contributed by atoms with Gasteiger partial charge in [-0.3, -0.25) is 4.99 Å². The first-order valence-corrected chi connectivity index (χ1v) is 6.42. The lowest BCUT2D eigenvalue weighted by Crippen LogP contribution is -1.82. The number of unbranched alkanes of at least 4 members (excludes halogenated alkanes) is 3. The molecule has 0 heterocycles. The van der Waals surface area contributed by atoms with Crippen molar-refractivity contribution in [1.82, 2.24) is 0 Å². The third kappa shape index (κ3) is 6.81. The van der Waals surface area contributed by atoms with Gasteiger partial charge in [0.25, 0.3) is 0 Å². The van der Waals surface area contributed by atoms with E-state index in [4.69, 9.17) is 11.6 Å². The van der Waals surface area contributed by atoms with E-state index in [-0.39, 0.29) is 0 Å². The standard InChI is InChI=1S/C15H18ClN/c1-2-3-4-5-6-7-12-17-13-14-8-10-15(16)11-9-14/h8-11,13H,2-5,12H2,1H3/b17-13+. The predicted octanol–water partition coefficient (Wildman–Crippen LogP) is 4.34. The minimum atomic E-state index is 0.578. The molecular formula is C15H18ClN. The first kappa shape index (κ1) is 13.8. The van der Waals surface area contributed by atoms with Crippen LogP contribution in [0.1, 0.15) is 38.2 Å². The minimum Gasteiger partial charge on any atom is -0.280 e. The molecule has 0 bridgehead atoms. The number of benzene rings is 1. The number of hydrogen-bond donors (Lipinski definition) is 0. The van der Waals surface area contributed by atoms with Gasteiger partial charge in [0.1, 0.15) is 0 Å². The van der Waals surface area contributed by atoms with Crippen LogP contribution in [0.15, 0.2) is 29.3 Å². The monoisotopic (exact) mass is 247 g/mol. The Labute approximate surface area is 109 Å². The minimum absolute atomic E-state index is 0.578. The van der Waals surface area contributed by atoms with Crippen molar-refractivity contribution in [3.63, 3.8) is 0 Å². The van der Waals surface area contributed by atoms with Crippen molar-refractivity contribution >= 4 is 17.8 Å². The Balaban J connectivity index is 2.23. The van der Waals surface area contributed by atoms with E-state index in [9.17, 15) is 0 Å². The predicted molar refractivity (Wildman–Crippen MR) is 75.8 cm³/mol. The van der Waals surface area contributed by atoms with Crippen LogP contribution in [0.5, 0.6) is 0 Å². The smallest absolute Gasteiger partial charge is 0.0997 e. The topological polar surface area (TPSA) is 12.4 Å². The lowest BCUT2D eigenvalue weighted by Gasteiger charge is -1.91. The molecule has 0 spiro atoms. The molecule has 1 rings (SSSR count). The van der Waals surface area contributed by atoms with Crippen LogP contribution >= 0.6 is 11.6 Å². The summed E-state index contributed by atoms with van der Waals surface area (Å²) < 4.78 is 0. The summed E-state index contributed by atoms with van der Waals surface area (Å²) in [5, 5.41) is 0.748. The van der Waals surface area contributed by atoms with Crippen molar-refractivity contribution in [2.75, 3.05) is 6.54 Å². The second-order valence-electron chi connectivity index (χ2n) is 3.83. The third-order valence-electron chi connectivity index (χ3n) is 2.31. The van der Waals surface area contributed by atoms with Crippen molar-refractivity contribution in [3.8, 4) is 11.8 Å². The van der Waals surface area contributed by atoms with Gasteiger partial charge >= 0.3 is 0 Å². The quantitative estimate of drug-likeness (QED) is 0.417. The van der Waals surface area contributed by atoms with Gasteiger partial charge < -0.3 is 0 Å². The summed E-state index contributed by atoms with van der Waals surface area (Å²) in [5.41, 5.74) is 1.06. The third-order valence-corrected chi connectivity index (χ3v) is 2.56. The van der Waals surface area contributed by atoms with Crippen LogP contribution in [0.4, 0.5) is 0 Å². The largest absolute Gasteiger partial charge is 0.280 e. The molecule has 17 heavy (non-hydrogen) atoms. The molecule has 0 aliphatic rings. The summed E-state index contributed by atoms with van der Waals surface area (Å²) >= 11 is 5.79. The van der Waals surface area contributed by atoms with Gasteiger partial charge in [-0.1, -0.05) is 49.4 Å². The van der Waals surface area contributed by atoms with Crippen LogP contribution in [0.2, 0.25) is 5.02 Å². The highest BCUT2D eigenvalue weighted by Gasteiger charge is 1.87. The zero-order chi connectivity index (χ0) is 12.3. The van der Waals surface area contributed by atoms with E-state index in [2.05, 4.69) is 23.8 Å². The second kappa shape index (κ2) is 8.84. The van der Waals surface area contributed by atoms with Gasteiger partial charge in [-0.05, 0) is 24.1 Å². The molecule has 0 fully saturated rings. The highest BCUT2D eigenvalue weighted by molar-refractivity contribution is 6.30. The lowest BCUT2D eigenvalue weighted by atomic mass is 10.2. The van der Waals surface area contributed by atoms with Gasteiger partial charge in [0.2, 0.25) is 0 Å². The van der Waals surface area contributed by atoms with Gasteiger partial charge in [0, 0.05) is 17.7 Å². The van der Waals surface area contributed by atoms with Crippen molar-refractivity contribution in [2.24, 2.45) is 4.99 Å². The van der Waals surface area contributed by atoms with E-state index in [0.717, 1.165) is 17.0 Å². The maximum atomic E-state index is 5.79. The molecule has 2 heteroatoms. The Morgan fingerprint density at radius 2 is 1.94 bits per heavy atom. The Morgan fingerprint density at radius 3 is 2.65 bits per heavy atom. The number of aliphatic imine (C=N–C) groups is 1. The van der Waals surface area contributed by atoms with Crippen LogP contribution in [0, 0.1) is 11.8 Å². The van der Waals surface area contributed by atoms with Crippen LogP contribution < -0.4 is 0 Å². The zero-order valence-electron chi connectivity index (χ0n) is 10.2. The maximum absolute atomic E-state index is 5.79. The summed E-state index contributed by atoms with van der Waals surface area (Å²) in [6.07, 6.45) is 6.53. The Morgan fingerprint density at radius 1 is 1.18 bits per heavy atom. The molecule has 0 N–H and O–H groups in total. The highest BCUT2D eigenvalue weighted by Crippen LogP contribution is 2.07. The SMILES string of the molecule is CCCCCC#CC/N=C/c1ccc(Cl)cc1. The molecule has 0 aromatic heterocycles. The molecule has 0 amide bonds. The Hall–Kier alpha value is -1.26. The van der Waals surface area contributed by atoms with Gasteiger partial charge in [-0.2, -0.15) is 0 Å². The van der Waals surface area contributed by atoms with Gasteiger partial charge in [-0.25, -0.2) is 0 Å². The summed E-state index contributed by atoms with van der Waals surface area (Å²) in [5.74, 6) is 6.18. The molecule has 0 radical (unpaired) electrons. The molecule has 0 atom stereocenters. The molecule has 1 aromatic carbocycles. The summed E-state index contributed by atoms with van der Waals surface area (Å²) in [7, 11) is 0. The number of hydrogen-bond acceptors (Lipinski definition) is 1.